The summed E-state index contributed by atoms with van der Waals surface area (Å²) < 4.78 is 41.6. The number of amides is 1. The molecule has 1 unspecified atom stereocenters. The van der Waals surface area contributed by atoms with Gasteiger partial charge in [-0.1, -0.05) is 11.6 Å². The molecule has 0 heterocycles. The van der Waals surface area contributed by atoms with Crippen LogP contribution in [0.4, 0.5) is 13.2 Å². The summed E-state index contributed by atoms with van der Waals surface area (Å²) in [5.74, 6) is -0.462. The number of nitrogens with one attached hydrogen (secondary N) is 1. The van der Waals surface area contributed by atoms with Crippen molar-refractivity contribution >= 4 is 33.4 Å². The first-order valence-corrected chi connectivity index (χ1v) is 6.46. The molecule has 2 N–H and O–H groups in total. The molecule has 20 heavy (non-hydrogen) atoms. The van der Waals surface area contributed by atoms with Gasteiger partial charge in [-0.05, 0) is 34.1 Å². The molecule has 0 bridgehead atoms. The van der Waals surface area contributed by atoms with Gasteiger partial charge < -0.3 is 15.2 Å². The van der Waals surface area contributed by atoms with Crippen LogP contribution in [-0.2, 0) is 4.79 Å². The molecule has 1 rings (SSSR count). The second-order valence-corrected chi connectivity index (χ2v) is 5.02. The Morgan fingerprint density at radius 2 is 2.15 bits per heavy atom. The molecule has 1 atom stereocenters. The van der Waals surface area contributed by atoms with Crippen LogP contribution in [0.2, 0.25) is 5.02 Å². The van der Waals surface area contributed by atoms with E-state index in [9.17, 15) is 18.0 Å². The second kappa shape index (κ2) is 7.14. The number of halogens is 5. The first-order chi connectivity index (χ1) is 9.20. The number of hydrogen-bond acceptors (Lipinski definition) is 3. The summed E-state index contributed by atoms with van der Waals surface area (Å²) in [5, 5.41) is 11.1. The Kier molecular flexibility index (Phi) is 6.09. The fourth-order valence-corrected chi connectivity index (χ4v) is 1.91. The van der Waals surface area contributed by atoms with Crippen LogP contribution in [-0.4, -0.2) is 36.4 Å². The van der Waals surface area contributed by atoms with Gasteiger partial charge in [0.25, 0.3) is 5.91 Å². The molecule has 1 aromatic rings. The summed E-state index contributed by atoms with van der Waals surface area (Å²) in [6.07, 6.45) is -7.37. The maximum Gasteiger partial charge on any atom is 0.416 e. The standard InChI is InChI=1S/C11H10BrClF3NO3/c12-7-3-6(13)1-2-8(7)20-5-10(19)17-4-9(18)11(14,15)16/h1-3,9,18H,4-5H2,(H,17,19). The number of benzene rings is 1. The van der Waals surface area contributed by atoms with Crippen LogP contribution in [0.25, 0.3) is 0 Å². The van der Waals surface area contributed by atoms with Crippen molar-refractivity contribution in [2.45, 2.75) is 12.3 Å². The summed E-state index contributed by atoms with van der Waals surface area (Å²) in [4.78, 5) is 11.3. The number of ether oxygens (including phenoxy) is 1. The molecule has 0 fully saturated rings. The molecule has 0 aromatic heterocycles. The summed E-state index contributed by atoms with van der Waals surface area (Å²) in [6, 6.07) is 4.58. The molecule has 1 amide bonds. The third-order valence-corrected chi connectivity index (χ3v) is 2.98. The molecule has 0 aliphatic rings. The molecular formula is C11H10BrClF3NO3. The molecule has 112 valence electrons. The molecule has 1 aromatic carbocycles. The van der Waals surface area contributed by atoms with Gasteiger partial charge >= 0.3 is 6.18 Å². The maximum atomic E-state index is 12.0. The lowest BCUT2D eigenvalue weighted by Gasteiger charge is -2.15. The van der Waals surface area contributed by atoms with Crippen LogP contribution in [0.5, 0.6) is 5.75 Å². The highest BCUT2D eigenvalue weighted by atomic mass is 79.9. The normalized spacial score (nSPS) is 12.9. The van der Waals surface area contributed by atoms with E-state index in [0.717, 1.165) is 0 Å². The van der Waals surface area contributed by atoms with E-state index < -0.39 is 31.3 Å². The lowest BCUT2D eigenvalue weighted by molar-refractivity contribution is -0.201. The fraction of sp³-hybridized carbons (Fsp3) is 0.364. The first-order valence-electron chi connectivity index (χ1n) is 5.29. The smallest absolute Gasteiger partial charge is 0.416 e. The molecule has 0 radical (unpaired) electrons. The predicted molar refractivity (Wildman–Crippen MR) is 69.7 cm³/mol. The first kappa shape index (κ1) is 17.1. The van der Waals surface area contributed by atoms with Crippen LogP contribution in [0.15, 0.2) is 22.7 Å². The number of carbonyl (C=O) groups is 1. The summed E-state index contributed by atoms with van der Waals surface area (Å²) in [6.45, 7) is -1.40. The van der Waals surface area contributed by atoms with Crippen molar-refractivity contribution in [3.63, 3.8) is 0 Å². The Morgan fingerprint density at radius 3 is 2.70 bits per heavy atom. The molecule has 9 heteroatoms. The molecular weight excluding hydrogens is 366 g/mol. The van der Waals surface area contributed by atoms with Gasteiger partial charge in [-0.15, -0.1) is 0 Å². The van der Waals surface area contributed by atoms with Crippen LogP contribution in [0.3, 0.4) is 0 Å². The van der Waals surface area contributed by atoms with E-state index >= 15 is 0 Å². The maximum absolute atomic E-state index is 12.0. The highest BCUT2D eigenvalue weighted by Gasteiger charge is 2.38. The molecule has 0 saturated heterocycles. The third-order valence-electron chi connectivity index (χ3n) is 2.12. The Hall–Kier alpha value is -0.990. The Morgan fingerprint density at radius 1 is 1.50 bits per heavy atom. The Bertz CT molecular complexity index is 484. The van der Waals surface area contributed by atoms with E-state index in [1.54, 1.807) is 6.07 Å². The zero-order chi connectivity index (χ0) is 15.3. The van der Waals surface area contributed by atoms with E-state index in [1.807, 2.05) is 5.32 Å². The topological polar surface area (TPSA) is 58.6 Å². The lowest BCUT2D eigenvalue weighted by atomic mass is 10.3. The van der Waals surface area contributed by atoms with Crippen LogP contribution in [0, 0.1) is 0 Å². The van der Waals surface area contributed by atoms with Crippen molar-refractivity contribution < 1.29 is 27.8 Å². The minimum atomic E-state index is -4.77. The Balaban J connectivity index is 2.40. The number of alkyl halides is 3. The highest BCUT2D eigenvalue weighted by Crippen LogP contribution is 2.27. The second-order valence-electron chi connectivity index (χ2n) is 3.72. The van der Waals surface area contributed by atoms with Crippen LogP contribution < -0.4 is 10.1 Å². The molecule has 0 aliphatic carbocycles. The van der Waals surface area contributed by atoms with Gasteiger partial charge in [-0.25, -0.2) is 0 Å². The number of hydrogen-bond donors (Lipinski definition) is 2. The molecule has 0 spiro atoms. The van der Waals surface area contributed by atoms with E-state index in [-0.39, 0.29) is 0 Å². The van der Waals surface area contributed by atoms with Gasteiger partial charge in [0.05, 0.1) is 11.0 Å². The zero-order valence-electron chi connectivity index (χ0n) is 9.88. The molecule has 0 saturated carbocycles. The van der Waals surface area contributed by atoms with Gasteiger partial charge in [0, 0.05) is 5.02 Å². The third kappa shape index (κ3) is 5.56. The number of rotatable bonds is 5. The van der Waals surface area contributed by atoms with Crippen molar-refractivity contribution in [3.05, 3.63) is 27.7 Å². The van der Waals surface area contributed by atoms with Crippen molar-refractivity contribution in [1.29, 1.82) is 0 Å². The predicted octanol–water partition coefficient (Wildman–Crippen LogP) is 2.52. The monoisotopic (exact) mass is 375 g/mol. The van der Waals surface area contributed by atoms with Crippen molar-refractivity contribution in [1.82, 2.24) is 5.32 Å². The fourth-order valence-electron chi connectivity index (χ4n) is 1.11. The van der Waals surface area contributed by atoms with Gasteiger partial charge in [0.1, 0.15) is 5.75 Å². The summed E-state index contributed by atoms with van der Waals surface area (Å²) >= 11 is 8.86. The van der Waals surface area contributed by atoms with Gasteiger partial charge in [0.2, 0.25) is 0 Å². The van der Waals surface area contributed by atoms with E-state index in [2.05, 4.69) is 15.9 Å². The summed E-state index contributed by atoms with van der Waals surface area (Å²) in [5.41, 5.74) is 0. The molecule has 0 aliphatic heterocycles. The number of aliphatic hydroxyl groups is 1. The SMILES string of the molecule is O=C(COc1ccc(Cl)cc1Br)NCC(O)C(F)(F)F. The van der Waals surface area contributed by atoms with Gasteiger partial charge in [-0.2, -0.15) is 13.2 Å². The largest absolute Gasteiger partial charge is 0.483 e. The number of carbonyl (C=O) groups excluding carboxylic acids is 1. The van der Waals surface area contributed by atoms with Crippen molar-refractivity contribution in [2.24, 2.45) is 0 Å². The minimum absolute atomic E-state index is 0.320. The van der Waals surface area contributed by atoms with E-state index in [0.29, 0.717) is 15.2 Å². The van der Waals surface area contributed by atoms with Crippen molar-refractivity contribution in [3.8, 4) is 5.75 Å². The van der Waals surface area contributed by atoms with E-state index in [1.165, 1.54) is 12.1 Å². The summed E-state index contributed by atoms with van der Waals surface area (Å²) in [7, 11) is 0. The zero-order valence-corrected chi connectivity index (χ0v) is 12.2. The highest BCUT2D eigenvalue weighted by molar-refractivity contribution is 9.10. The van der Waals surface area contributed by atoms with Gasteiger partial charge in [-0.3, -0.25) is 4.79 Å². The molecule has 4 nitrogen and oxygen atoms in total. The van der Waals surface area contributed by atoms with Crippen LogP contribution in [0.1, 0.15) is 0 Å². The average molecular weight is 377 g/mol. The quantitative estimate of drug-likeness (QED) is 0.830. The van der Waals surface area contributed by atoms with Gasteiger partial charge in [0.15, 0.2) is 12.7 Å². The lowest BCUT2D eigenvalue weighted by Crippen LogP contribution is -2.42. The average Bonchev–Trinajstić information content (AvgIpc) is 2.33. The van der Waals surface area contributed by atoms with E-state index in [4.69, 9.17) is 21.4 Å². The van der Waals surface area contributed by atoms with Crippen molar-refractivity contribution in [2.75, 3.05) is 13.2 Å². The number of aliphatic hydroxyl groups excluding tert-OH is 1. The minimum Gasteiger partial charge on any atom is -0.483 e. The van der Waals surface area contributed by atoms with Crippen LogP contribution >= 0.6 is 27.5 Å². The Labute approximate surface area is 126 Å².